The maximum atomic E-state index is 11.5. The zero-order valence-electron chi connectivity index (χ0n) is 11.1. The molecule has 0 spiro atoms. The van der Waals surface area contributed by atoms with Crippen molar-refractivity contribution in [1.29, 1.82) is 0 Å². The van der Waals surface area contributed by atoms with Gasteiger partial charge in [-0.25, -0.2) is 0 Å². The average Bonchev–Trinajstić information content (AvgIpc) is 2.26. The number of amides is 1. The van der Waals surface area contributed by atoms with Crippen molar-refractivity contribution in [3.8, 4) is 0 Å². The minimum absolute atomic E-state index is 0. The van der Waals surface area contributed by atoms with Gasteiger partial charge >= 0.3 is 0 Å². The maximum Gasteiger partial charge on any atom is 0.236 e. The Kier molecular flexibility index (Phi) is 4.22. The summed E-state index contributed by atoms with van der Waals surface area (Å²) in [5.41, 5.74) is 5.58. The molecule has 1 unspecified atom stereocenters. The summed E-state index contributed by atoms with van der Waals surface area (Å²) in [7, 11) is 0. The molecular formula is C14H25ClN2O. The molecule has 4 fully saturated rings. The number of hydrogen-bond donors (Lipinski definition) is 2. The first-order chi connectivity index (χ1) is 8.13. The van der Waals surface area contributed by atoms with E-state index in [2.05, 4.69) is 5.32 Å². The lowest BCUT2D eigenvalue weighted by atomic mass is 9.52. The van der Waals surface area contributed by atoms with Crippen molar-refractivity contribution >= 4 is 18.3 Å². The van der Waals surface area contributed by atoms with Crippen molar-refractivity contribution in [1.82, 2.24) is 5.32 Å². The van der Waals surface area contributed by atoms with E-state index in [1.54, 1.807) is 6.92 Å². The quantitative estimate of drug-likeness (QED) is 0.825. The number of nitrogens with two attached hydrogens (primary N) is 1. The fraction of sp³-hybridized carbons (Fsp3) is 0.929. The Morgan fingerprint density at radius 1 is 1.17 bits per heavy atom. The summed E-state index contributed by atoms with van der Waals surface area (Å²) in [6.07, 6.45) is 7.18. The fourth-order valence-electron chi connectivity index (χ4n) is 4.75. The highest BCUT2D eigenvalue weighted by molar-refractivity contribution is 5.85. The summed E-state index contributed by atoms with van der Waals surface area (Å²) >= 11 is 0. The molecule has 1 amide bonds. The minimum Gasteiger partial charge on any atom is -0.354 e. The summed E-state index contributed by atoms with van der Waals surface area (Å²) in [4.78, 5) is 11.5. The van der Waals surface area contributed by atoms with Gasteiger partial charge in [0.2, 0.25) is 5.91 Å². The Labute approximate surface area is 116 Å². The van der Waals surface area contributed by atoms with Gasteiger partial charge in [0.1, 0.15) is 0 Å². The smallest absolute Gasteiger partial charge is 0.236 e. The van der Waals surface area contributed by atoms with Gasteiger partial charge in [-0.2, -0.15) is 0 Å². The van der Waals surface area contributed by atoms with E-state index in [0.717, 1.165) is 36.1 Å². The number of carbonyl (C=O) groups excluding carboxylic acids is 1. The normalized spacial score (nSPS) is 42.2. The molecule has 0 aliphatic heterocycles. The summed E-state index contributed by atoms with van der Waals surface area (Å²) in [5.74, 6) is 4.55. The molecule has 4 bridgehead atoms. The third kappa shape index (κ3) is 2.53. The number of rotatable bonds is 3. The second kappa shape index (κ2) is 5.38. The lowest BCUT2D eigenvalue weighted by Crippen LogP contribution is -2.50. The fourth-order valence-corrected chi connectivity index (χ4v) is 4.75. The van der Waals surface area contributed by atoms with Crippen LogP contribution < -0.4 is 11.1 Å². The molecule has 0 aromatic heterocycles. The standard InChI is InChI=1S/C14H24N2O.ClH/c1-8(15)14(17)16-7-13-11-3-9-2-10(5-11)6-12(13)4-9;/h8-13H,2-7,15H2,1H3,(H,16,17);1H. The number of hydrogen-bond acceptors (Lipinski definition) is 2. The Morgan fingerprint density at radius 2 is 1.67 bits per heavy atom. The van der Waals surface area contributed by atoms with Crippen LogP contribution in [0.4, 0.5) is 0 Å². The summed E-state index contributed by atoms with van der Waals surface area (Å²) < 4.78 is 0. The molecule has 4 heteroatoms. The molecule has 4 rings (SSSR count). The molecule has 1 atom stereocenters. The Hall–Kier alpha value is -0.280. The second-order valence-electron chi connectivity index (χ2n) is 6.63. The van der Waals surface area contributed by atoms with Crippen LogP contribution in [0.1, 0.15) is 39.0 Å². The van der Waals surface area contributed by atoms with Crippen molar-refractivity contribution in [2.45, 2.75) is 45.1 Å². The van der Waals surface area contributed by atoms with Gasteiger partial charge in [-0.05, 0) is 68.6 Å². The van der Waals surface area contributed by atoms with E-state index < -0.39 is 0 Å². The Bertz CT molecular complexity index is 291. The molecule has 4 saturated carbocycles. The van der Waals surface area contributed by atoms with Crippen LogP contribution in [-0.2, 0) is 4.79 Å². The van der Waals surface area contributed by atoms with Gasteiger partial charge < -0.3 is 11.1 Å². The van der Waals surface area contributed by atoms with Crippen molar-refractivity contribution in [2.75, 3.05) is 6.54 Å². The highest BCUT2D eigenvalue weighted by Gasteiger charge is 2.47. The molecular weight excluding hydrogens is 248 g/mol. The van der Waals surface area contributed by atoms with Gasteiger partial charge in [-0.15, -0.1) is 12.4 Å². The molecule has 0 aromatic rings. The van der Waals surface area contributed by atoms with Crippen molar-refractivity contribution < 1.29 is 4.79 Å². The van der Waals surface area contributed by atoms with Gasteiger partial charge in [-0.3, -0.25) is 4.79 Å². The van der Waals surface area contributed by atoms with Gasteiger partial charge in [0, 0.05) is 6.54 Å². The van der Waals surface area contributed by atoms with E-state index in [0.29, 0.717) is 0 Å². The number of halogens is 1. The van der Waals surface area contributed by atoms with Crippen LogP contribution >= 0.6 is 12.4 Å². The van der Waals surface area contributed by atoms with Gasteiger partial charge in [-0.1, -0.05) is 0 Å². The first-order valence-corrected chi connectivity index (χ1v) is 7.16. The summed E-state index contributed by atoms with van der Waals surface area (Å²) in [6.45, 7) is 2.63. The molecule has 0 heterocycles. The summed E-state index contributed by atoms with van der Waals surface area (Å²) in [5, 5.41) is 3.05. The monoisotopic (exact) mass is 272 g/mol. The lowest BCUT2D eigenvalue weighted by Gasteiger charge is -2.54. The van der Waals surface area contributed by atoms with Crippen LogP contribution in [0.3, 0.4) is 0 Å². The predicted octanol–water partition coefficient (Wildman–Crippen LogP) is 1.94. The van der Waals surface area contributed by atoms with Crippen LogP contribution in [0.5, 0.6) is 0 Å². The largest absolute Gasteiger partial charge is 0.354 e. The lowest BCUT2D eigenvalue weighted by molar-refractivity contribution is -0.123. The molecule has 18 heavy (non-hydrogen) atoms. The second-order valence-corrected chi connectivity index (χ2v) is 6.63. The van der Waals surface area contributed by atoms with Gasteiger partial charge in [0.25, 0.3) is 0 Å². The van der Waals surface area contributed by atoms with Crippen molar-refractivity contribution in [3.63, 3.8) is 0 Å². The van der Waals surface area contributed by atoms with Crippen LogP contribution in [0.2, 0.25) is 0 Å². The third-order valence-electron chi connectivity index (χ3n) is 5.35. The SMILES string of the molecule is CC(N)C(=O)NCC1C2CC3CC(C2)CC1C3.Cl. The van der Waals surface area contributed by atoms with Crippen LogP contribution in [0, 0.1) is 29.6 Å². The zero-order chi connectivity index (χ0) is 12.0. The van der Waals surface area contributed by atoms with E-state index >= 15 is 0 Å². The maximum absolute atomic E-state index is 11.5. The molecule has 3 nitrogen and oxygen atoms in total. The van der Waals surface area contributed by atoms with E-state index in [-0.39, 0.29) is 24.4 Å². The topological polar surface area (TPSA) is 55.1 Å². The Balaban J connectivity index is 0.00000120. The highest BCUT2D eigenvalue weighted by Crippen LogP contribution is 2.56. The third-order valence-corrected chi connectivity index (χ3v) is 5.35. The molecule has 0 saturated heterocycles. The highest BCUT2D eigenvalue weighted by atomic mass is 35.5. The van der Waals surface area contributed by atoms with Crippen molar-refractivity contribution in [3.05, 3.63) is 0 Å². The Morgan fingerprint density at radius 3 is 2.11 bits per heavy atom. The van der Waals surface area contributed by atoms with E-state index in [1.165, 1.54) is 32.1 Å². The van der Waals surface area contributed by atoms with E-state index in [1.807, 2.05) is 0 Å². The van der Waals surface area contributed by atoms with Crippen molar-refractivity contribution in [2.24, 2.45) is 35.3 Å². The number of nitrogens with one attached hydrogen (secondary N) is 1. The minimum atomic E-state index is -0.369. The molecule has 4 aliphatic rings. The van der Waals surface area contributed by atoms with Gasteiger partial charge in [0.05, 0.1) is 6.04 Å². The molecule has 0 radical (unpaired) electrons. The summed E-state index contributed by atoms with van der Waals surface area (Å²) in [6, 6.07) is -0.369. The first-order valence-electron chi connectivity index (χ1n) is 7.16. The van der Waals surface area contributed by atoms with E-state index in [9.17, 15) is 4.79 Å². The van der Waals surface area contributed by atoms with Gasteiger partial charge in [0.15, 0.2) is 0 Å². The van der Waals surface area contributed by atoms with E-state index in [4.69, 9.17) is 5.73 Å². The molecule has 4 aliphatic carbocycles. The predicted molar refractivity (Wildman–Crippen MR) is 74.4 cm³/mol. The number of carbonyl (C=O) groups is 1. The van der Waals surface area contributed by atoms with Crippen LogP contribution in [0.25, 0.3) is 0 Å². The zero-order valence-corrected chi connectivity index (χ0v) is 11.9. The molecule has 3 N–H and O–H groups in total. The first kappa shape index (κ1) is 14.1. The molecule has 104 valence electrons. The van der Waals surface area contributed by atoms with Crippen LogP contribution in [-0.4, -0.2) is 18.5 Å². The van der Waals surface area contributed by atoms with Crippen LogP contribution in [0.15, 0.2) is 0 Å². The molecule has 0 aromatic carbocycles. The average molecular weight is 273 g/mol.